The highest BCUT2D eigenvalue weighted by atomic mass is 16.1. The lowest BCUT2D eigenvalue weighted by molar-refractivity contribution is -0.124. The Morgan fingerprint density at radius 3 is 2.32 bits per heavy atom. The molecule has 0 aliphatic rings. The molecule has 1 amide bonds. The van der Waals surface area contributed by atoms with Gasteiger partial charge in [0, 0.05) is 19.0 Å². The van der Waals surface area contributed by atoms with Crippen molar-refractivity contribution in [2.75, 3.05) is 13.1 Å². The summed E-state index contributed by atoms with van der Waals surface area (Å²) in [5, 5.41) is 2.91. The number of nitrogens with two attached hydrogens (primary N) is 1. The molecule has 1 rings (SSSR count). The zero-order valence-electron chi connectivity index (χ0n) is 12.5. The lowest BCUT2D eigenvalue weighted by atomic mass is 9.86. The third kappa shape index (κ3) is 5.03. The Kier molecular flexibility index (Phi) is 5.55. The van der Waals surface area contributed by atoms with E-state index in [4.69, 9.17) is 5.73 Å². The van der Waals surface area contributed by atoms with Crippen LogP contribution in [0.15, 0.2) is 24.3 Å². The molecule has 1 aromatic carbocycles. The molecule has 3 nitrogen and oxygen atoms in total. The van der Waals surface area contributed by atoms with Gasteiger partial charge in [0.15, 0.2) is 0 Å². The van der Waals surface area contributed by atoms with Gasteiger partial charge < -0.3 is 11.1 Å². The predicted octanol–water partition coefficient (Wildman–Crippen LogP) is 2.24. The monoisotopic (exact) mass is 262 g/mol. The largest absolute Gasteiger partial charge is 0.355 e. The van der Waals surface area contributed by atoms with Crippen LogP contribution in [0, 0.1) is 5.92 Å². The van der Waals surface area contributed by atoms with Crippen molar-refractivity contribution in [2.24, 2.45) is 11.7 Å². The zero-order valence-corrected chi connectivity index (χ0v) is 12.5. The van der Waals surface area contributed by atoms with Gasteiger partial charge in [-0.15, -0.1) is 0 Å². The maximum atomic E-state index is 11.6. The minimum Gasteiger partial charge on any atom is -0.355 e. The van der Waals surface area contributed by atoms with E-state index in [9.17, 15) is 4.79 Å². The Hall–Kier alpha value is -1.35. The van der Waals surface area contributed by atoms with E-state index in [1.807, 2.05) is 6.92 Å². The number of benzene rings is 1. The Balaban J connectivity index is 2.45. The summed E-state index contributed by atoms with van der Waals surface area (Å²) < 4.78 is 0. The summed E-state index contributed by atoms with van der Waals surface area (Å²) in [6.07, 6.45) is 0.855. The van der Waals surface area contributed by atoms with E-state index >= 15 is 0 Å². The average molecular weight is 262 g/mol. The lowest BCUT2D eigenvalue weighted by Crippen LogP contribution is -2.34. The molecule has 0 aromatic heterocycles. The molecule has 0 radical (unpaired) electrons. The maximum Gasteiger partial charge on any atom is 0.224 e. The fourth-order valence-corrected chi connectivity index (χ4v) is 1.78. The van der Waals surface area contributed by atoms with Crippen LogP contribution >= 0.6 is 0 Å². The van der Waals surface area contributed by atoms with Gasteiger partial charge in [-0.25, -0.2) is 0 Å². The number of hydrogen-bond donors (Lipinski definition) is 2. The van der Waals surface area contributed by atoms with Gasteiger partial charge in [0.05, 0.1) is 0 Å². The van der Waals surface area contributed by atoms with Crippen LogP contribution in [-0.2, 0) is 16.6 Å². The Morgan fingerprint density at radius 1 is 1.26 bits per heavy atom. The minimum absolute atomic E-state index is 0.0359. The number of amides is 1. The predicted molar refractivity (Wildman–Crippen MR) is 80.1 cm³/mol. The number of carbonyl (C=O) groups excluding carboxylic acids is 1. The summed E-state index contributed by atoms with van der Waals surface area (Å²) in [5.41, 5.74) is 8.21. The Morgan fingerprint density at radius 2 is 1.84 bits per heavy atom. The first-order valence-corrected chi connectivity index (χ1v) is 6.92. The van der Waals surface area contributed by atoms with Gasteiger partial charge in [0.2, 0.25) is 5.91 Å². The molecule has 1 atom stereocenters. The summed E-state index contributed by atoms with van der Waals surface area (Å²) in [4.78, 5) is 11.6. The number of carbonyl (C=O) groups is 1. The molecule has 0 aliphatic carbocycles. The van der Waals surface area contributed by atoms with Gasteiger partial charge >= 0.3 is 0 Å². The SMILES string of the molecule is CC(CN)C(=O)NCCc1ccc(C(C)(C)C)cc1. The van der Waals surface area contributed by atoms with Gasteiger partial charge in [0.25, 0.3) is 0 Å². The molecule has 3 heteroatoms. The van der Waals surface area contributed by atoms with Crippen LogP contribution in [0.4, 0.5) is 0 Å². The van der Waals surface area contributed by atoms with Crippen LogP contribution in [-0.4, -0.2) is 19.0 Å². The number of rotatable bonds is 5. The molecular weight excluding hydrogens is 236 g/mol. The van der Waals surface area contributed by atoms with Gasteiger partial charge in [-0.05, 0) is 23.0 Å². The van der Waals surface area contributed by atoms with E-state index in [1.165, 1.54) is 11.1 Å². The van der Waals surface area contributed by atoms with E-state index in [2.05, 4.69) is 50.4 Å². The van der Waals surface area contributed by atoms with Crippen molar-refractivity contribution in [3.05, 3.63) is 35.4 Å². The number of nitrogens with one attached hydrogen (secondary N) is 1. The molecule has 3 N–H and O–H groups in total. The molecule has 0 spiro atoms. The van der Waals surface area contributed by atoms with Crippen LogP contribution in [0.25, 0.3) is 0 Å². The summed E-state index contributed by atoms with van der Waals surface area (Å²) >= 11 is 0. The second kappa shape index (κ2) is 6.71. The van der Waals surface area contributed by atoms with E-state index in [1.54, 1.807) is 0 Å². The molecule has 106 valence electrons. The molecule has 0 heterocycles. The second-order valence-corrected chi connectivity index (χ2v) is 6.12. The fraction of sp³-hybridized carbons (Fsp3) is 0.562. The summed E-state index contributed by atoms with van der Waals surface area (Å²) in [6, 6.07) is 8.61. The molecule has 0 saturated heterocycles. The molecule has 0 fully saturated rings. The molecule has 0 bridgehead atoms. The van der Waals surface area contributed by atoms with Gasteiger partial charge in [-0.3, -0.25) is 4.79 Å². The second-order valence-electron chi connectivity index (χ2n) is 6.12. The first-order valence-electron chi connectivity index (χ1n) is 6.92. The van der Waals surface area contributed by atoms with Crippen molar-refractivity contribution >= 4 is 5.91 Å². The van der Waals surface area contributed by atoms with Crippen LogP contribution in [0.2, 0.25) is 0 Å². The standard InChI is InChI=1S/C16H26N2O/c1-12(11-17)15(19)18-10-9-13-5-7-14(8-6-13)16(2,3)4/h5-8,12H,9-11,17H2,1-4H3,(H,18,19). The highest BCUT2D eigenvalue weighted by Crippen LogP contribution is 2.22. The molecule has 1 aromatic rings. The van der Waals surface area contributed by atoms with E-state index in [0.29, 0.717) is 13.1 Å². The smallest absolute Gasteiger partial charge is 0.224 e. The van der Waals surface area contributed by atoms with E-state index < -0.39 is 0 Å². The van der Waals surface area contributed by atoms with Gasteiger partial charge in [-0.2, -0.15) is 0 Å². The van der Waals surface area contributed by atoms with Crippen LogP contribution < -0.4 is 11.1 Å². The molecule has 19 heavy (non-hydrogen) atoms. The van der Waals surface area contributed by atoms with Crippen molar-refractivity contribution in [3.8, 4) is 0 Å². The Labute approximate surface area is 116 Å². The van der Waals surface area contributed by atoms with E-state index in [-0.39, 0.29) is 17.2 Å². The summed E-state index contributed by atoms with van der Waals surface area (Å²) in [6.45, 7) is 9.51. The maximum absolute atomic E-state index is 11.6. The normalized spacial score (nSPS) is 13.1. The van der Waals surface area contributed by atoms with Crippen LogP contribution in [0.1, 0.15) is 38.8 Å². The molecule has 0 aliphatic heterocycles. The first kappa shape index (κ1) is 15.7. The van der Waals surface area contributed by atoms with Crippen molar-refractivity contribution in [3.63, 3.8) is 0 Å². The summed E-state index contributed by atoms with van der Waals surface area (Å²) in [5.74, 6) is -0.0721. The zero-order chi connectivity index (χ0) is 14.5. The quantitative estimate of drug-likeness (QED) is 0.855. The lowest BCUT2D eigenvalue weighted by Gasteiger charge is -2.19. The van der Waals surface area contributed by atoms with Crippen LogP contribution in [0.5, 0.6) is 0 Å². The topological polar surface area (TPSA) is 55.1 Å². The van der Waals surface area contributed by atoms with Crippen molar-refractivity contribution in [1.29, 1.82) is 0 Å². The number of hydrogen-bond acceptors (Lipinski definition) is 2. The minimum atomic E-state index is -0.108. The van der Waals surface area contributed by atoms with Crippen LogP contribution in [0.3, 0.4) is 0 Å². The molecular formula is C16H26N2O. The van der Waals surface area contributed by atoms with Crippen molar-refractivity contribution in [1.82, 2.24) is 5.32 Å². The van der Waals surface area contributed by atoms with Gasteiger partial charge in [-0.1, -0.05) is 52.0 Å². The fourth-order valence-electron chi connectivity index (χ4n) is 1.78. The molecule has 1 unspecified atom stereocenters. The first-order chi connectivity index (χ1) is 8.84. The third-order valence-electron chi connectivity index (χ3n) is 3.33. The highest BCUT2D eigenvalue weighted by molar-refractivity contribution is 5.78. The average Bonchev–Trinajstić information content (AvgIpc) is 2.37. The third-order valence-corrected chi connectivity index (χ3v) is 3.33. The summed E-state index contributed by atoms with van der Waals surface area (Å²) in [7, 11) is 0. The highest BCUT2D eigenvalue weighted by Gasteiger charge is 2.13. The van der Waals surface area contributed by atoms with Crippen molar-refractivity contribution < 1.29 is 4.79 Å². The molecule has 0 saturated carbocycles. The Bertz CT molecular complexity index is 404. The van der Waals surface area contributed by atoms with Gasteiger partial charge in [0.1, 0.15) is 0 Å². The van der Waals surface area contributed by atoms with E-state index in [0.717, 1.165) is 6.42 Å². The van der Waals surface area contributed by atoms with Crippen molar-refractivity contribution in [2.45, 2.75) is 39.5 Å².